The van der Waals surface area contributed by atoms with Crippen LogP contribution < -0.4 is 5.32 Å². The van der Waals surface area contributed by atoms with Crippen LogP contribution in [0.2, 0.25) is 0 Å². The third kappa shape index (κ3) is 3.51. The Bertz CT molecular complexity index is 619. The fourth-order valence-corrected chi connectivity index (χ4v) is 2.04. The summed E-state index contributed by atoms with van der Waals surface area (Å²) in [7, 11) is 0. The Balaban J connectivity index is 2.11. The van der Waals surface area contributed by atoms with Gasteiger partial charge in [0.2, 0.25) is 5.91 Å². The van der Waals surface area contributed by atoms with Crippen LogP contribution in [0.3, 0.4) is 0 Å². The lowest BCUT2D eigenvalue weighted by molar-refractivity contribution is -0.121. The average Bonchev–Trinajstić information content (AvgIpc) is 2.85. The van der Waals surface area contributed by atoms with Crippen molar-refractivity contribution in [2.45, 2.75) is 26.3 Å². The summed E-state index contributed by atoms with van der Waals surface area (Å²) in [5.41, 5.74) is 0.918. The summed E-state index contributed by atoms with van der Waals surface area (Å²) in [5, 5.41) is 9.83. The van der Waals surface area contributed by atoms with Crippen LogP contribution in [0, 0.1) is 4.77 Å². The molecule has 2 aromatic rings. The number of aromatic amines is 1. The smallest absolute Gasteiger partial charge is 0.221 e. The molecule has 1 amide bonds. The van der Waals surface area contributed by atoms with Crippen molar-refractivity contribution in [3.63, 3.8) is 0 Å². The van der Waals surface area contributed by atoms with Gasteiger partial charge in [0.05, 0.1) is 0 Å². The van der Waals surface area contributed by atoms with Crippen LogP contribution in [-0.4, -0.2) is 32.2 Å². The molecule has 2 rings (SSSR count). The van der Waals surface area contributed by atoms with Crippen molar-refractivity contribution in [1.29, 1.82) is 0 Å². The summed E-state index contributed by atoms with van der Waals surface area (Å²) >= 11 is 5.21. The lowest BCUT2D eigenvalue weighted by atomic mass is 10.2. The zero-order valence-electron chi connectivity index (χ0n) is 11.3. The maximum absolute atomic E-state index is 11.7. The van der Waals surface area contributed by atoms with Gasteiger partial charge in [0, 0.05) is 37.5 Å². The summed E-state index contributed by atoms with van der Waals surface area (Å²) in [5.74, 6) is 0.747. The van der Waals surface area contributed by atoms with Crippen molar-refractivity contribution in [3.8, 4) is 11.4 Å². The van der Waals surface area contributed by atoms with Crippen LogP contribution in [0.25, 0.3) is 11.4 Å². The predicted octanol–water partition coefficient (Wildman–Crippen LogP) is 1.92. The largest absolute Gasteiger partial charge is 0.356 e. The highest BCUT2D eigenvalue weighted by Gasteiger charge is 2.10. The normalized spacial score (nSPS) is 10.4. The van der Waals surface area contributed by atoms with E-state index in [9.17, 15) is 4.79 Å². The number of carbonyl (C=O) groups is 1. The molecule has 0 unspecified atom stereocenters. The first-order valence-electron chi connectivity index (χ1n) is 6.54. The van der Waals surface area contributed by atoms with E-state index >= 15 is 0 Å². The zero-order valence-corrected chi connectivity index (χ0v) is 12.1. The minimum Gasteiger partial charge on any atom is -0.356 e. The first-order valence-corrected chi connectivity index (χ1v) is 6.95. The molecule has 2 N–H and O–H groups in total. The van der Waals surface area contributed by atoms with E-state index in [-0.39, 0.29) is 5.91 Å². The molecular weight excluding hydrogens is 274 g/mol. The van der Waals surface area contributed by atoms with Gasteiger partial charge in [-0.25, -0.2) is 0 Å². The standard InChI is InChI=1S/C13H17N5OS/c1-2-6-15-11(19)5-9-18-12(16-17-13(18)20)10-3-7-14-8-4-10/h3-4,7-8H,2,5-6,9H2,1H3,(H,15,19)(H,17,20). The second-order valence-corrected chi connectivity index (χ2v) is 4.73. The fourth-order valence-electron chi connectivity index (χ4n) is 1.81. The van der Waals surface area contributed by atoms with E-state index in [1.807, 2.05) is 23.6 Å². The molecule has 0 aromatic carbocycles. The molecule has 0 spiro atoms. The summed E-state index contributed by atoms with van der Waals surface area (Å²) in [6.07, 6.45) is 4.71. The predicted molar refractivity (Wildman–Crippen MR) is 78.6 cm³/mol. The fraction of sp³-hybridized carbons (Fsp3) is 0.385. The number of amides is 1. The topological polar surface area (TPSA) is 75.6 Å². The first-order chi connectivity index (χ1) is 9.72. The van der Waals surface area contributed by atoms with Crippen molar-refractivity contribution < 1.29 is 4.79 Å². The van der Waals surface area contributed by atoms with Gasteiger partial charge >= 0.3 is 0 Å². The number of aromatic nitrogens is 4. The third-order valence-corrected chi connectivity index (χ3v) is 3.14. The van der Waals surface area contributed by atoms with E-state index in [1.165, 1.54) is 0 Å². The number of pyridine rings is 1. The SMILES string of the molecule is CCCNC(=O)CCn1c(-c2ccncc2)n[nH]c1=S. The number of carbonyl (C=O) groups excluding carboxylic acids is 1. The van der Waals surface area contributed by atoms with Crippen molar-refractivity contribution in [3.05, 3.63) is 29.3 Å². The van der Waals surface area contributed by atoms with Gasteiger partial charge in [-0.1, -0.05) is 6.92 Å². The second-order valence-electron chi connectivity index (χ2n) is 4.34. The number of nitrogens with zero attached hydrogens (tertiary/aromatic N) is 3. The average molecular weight is 291 g/mol. The minimum atomic E-state index is 0.0237. The van der Waals surface area contributed by atoms with Crippen LogP contribution in [0.1, 0.15) is 19.8 Å². The van der Waals surface area contributed by atoms with Crippen molar-refractivity contribution >= 4 is 18.1 Å². The molecule has 2 aromatic heterocycles. The van der Waals surface area contributed by atoms with Gasteiger partial charge in [-0.15, -0.1) is 0 Å². The van der Waals surface area contributed by atoms with E-state index in [4.69, 9.17) is 12.2 Å². The number of hydrogen-bond acceptors (Lipinski definition) is 4. The number of rotatable bonds is 6. The summed E-state index contributed by atoms with van der Waals surface area (Å²) < 4.78 is 2.34. The molecule has 0 fully saturated rings. The van der Waals surface area contributed by atoms with E-state index < -0.39 is 0 Å². The van der Waals surface area contributed by atoms with E-state index in [1.54, 1.807) is 12.4 Å². The summed E-state index contributed by atoms with van der Waals surface area (Å²) in [6.45, 7) is 3.23. The van der Waals surface area contributed by atoms with Crippen LogP contribution in [0.15, 0.2) is 24.5 Å². The molecule has 0 bridgehead atoms. The first kappa shape index (κ1) is 14.4. The van der Waals surface area contributed by atoms with Gasteiger partial charge in [0.1, 0.15) is 0 Å². The molecule has 7 heteroatoms. The van der Waals surface area contributed by atoms with Gasteiger partial charge in [-0.2, -0.15) is 5.10 Å². The van der Waals surface area contributed by atoms with Gasteiger partial charge in [-0.3, -0.25) is 19.4 Å². The Kier molecular flexibility index (Phi) is 5.00. The highest BCUT2D eigenvalue weighted by Crippen LogP contribution is 2.16. The van der Waals surface area contributed by atoms with Crippen molar-refractivity contribution in [2.75, 3.05) is 6.54 Å². The molecule has 2 heterocycles. The number of H-pyrrole nitrogens is 1. The van der Waals surface area contributed by atoms with E-state index in [2.05, 4.69) is 20.5 Å². The molecule has 0 aliphatic rings. The molecule has 0 aliphatic carbocycles. The van der Waals surface area contributed by atoms with Crippen molar-refractivity contribution in [2.24, 2.45) is 0 Å². The highest BCUT2D eigenvalue weighted by molar-refractivity contribution is 7.71. The lowest BCUT2D eigenvalue weighted by Crippen LogP contribution is -2.25. The Morgan fingerprint density at radius 2 is 2.20 bits per heavy atom. The van der Waals surface area contributed by atoms with E-state index in [0.717, 1.165) is 17.8 Å². The van der Waals surface area contributed by atoms with Gasteiger partial charge in [0.25, 0.3) is 0 Å². The maximum Gasteiger partial charge on any atom is 0.221 e. The second kappa shape index (κ2) is 6.95. The molecule has 6 nitrogen and oxygen atoms in total. The minimum absolute atomic E-state index is 0.0237. The molecular formula is C13H17N5OS. The molecule has 20 heavy (non-hydrogen) atoms. The quantitative estimate of drug-likeness (QED) is 0.797. The third-order valence-electron chi connectivity index (χ3n) is 2.83. The van der Waals surface area contributed by atoms with Crippen molar-refractivity contribution in [1.82, 2.24) is 25.1 Å². The molecule has 0 atom stereocenters. The van der Waals surface area contributed by atoms with Gasteiger partial charge < -0.3 is 5.32 Å². The summed E-state index contributed by atoms with van der Waals surface area (Å²) in [6, 6.07) is 3.72. The molecule has 0 saturated heterocycles. The molecule has 0 radical (unpaired) electrons. The van der Waals surface area contributed by atoms with Crippen LogP contribution in [0.5, 0.6) is 0 Å². The summed E-state index contributed by atoms with van der Waals surface area (Å²) in [4.78, 5) is 15.6. The van der Waals surface area contributed by atoms with Gasteiger partial charge in [-0.05, 0) is 30.8 Å². The zero-order chi connectivity index (χ0) is 14.4. The Hall–Kier alpha value is -2.02. The maximum atomic E-state index is 11.7. The monoisotopic (exact) mass is 291 g/mol. The molecule has 0 aliphatic heterocycles. The number of hydrogen-bond donors (Lipinski definition) is 2. The van der Waals surface area contributed by atoms with E-state index in [0.29, 0.717) is 24.3 Å². The Labute approximate surface area is 122 Å². The number of nitrogens with one attached hydrogen (secondary N) is 2. The Morgan fingerprint density at radius 3 is 2.90 bits per heavy atom. The lowest BCUT2D eigenvalue weighted by Gasteiger charge is -2.07. The van der Waals surface area contributed by atoms with Crippen LogP contribution >= 0.6 is 12.2 Å². The Morgan fingerprint density at radius 1 is 1.45 bits per heavy atom. The van der Waals surface area contributed by atoms with Crippen LogP contribution in [-0.2, 0) is 11.3 Å². The molecule has 106 valence electrons. The van der Waals surface area contributed by atoms with Gasteiger partial charge in [0.15, 0.2) is 10.6 Å². The van der Waals surface area contributed by atoms with Crippen LogP contribution in [0.4, 0.5) is 0 Å². The molecule has 0 saturated carbocycles. The highest BCUT2D eigenvalue weighted by atomic mass is 32.1.